The van der Waals surface area contributed by atoms with Gasteiger partial charge in [-0.25, -0.2) is 14.8 Å². The lowest BCUT2D eigenvalue weighted by Gasteiger charge is -2.29. The third kappa shape index (κ3) is 2.91. The molecule has 2 aliphatic rings. The number of thioether (sulfide) groups is 2. The van der Waals surface area contributed by atoms with Gasteiger partial charge in [0.15, 0.2) is 5.69 Å². The van der Waals surface area contributed by atoms with Crippen LogP contribution in [0.4, 0.5) is 0 Å². The Balaban J connectivity index is 2.01. The van der Waals surface area contributed by atoms with Gasteiger partial charge in [0.25, 0.3) is 0 Å². The number of aromatic nitrogens is 2. The predicted molar refractivity (Wildman–Crippen MR) is 85.7 cm³/mol. The standard InChI is InChI=1S/C14H19N3O2S2/c1-3-10-12(21-5-4-20-10)13-16-9-7-15-6-8(9)11(17-13)14(18)19-2/h10,12,15H,3-7H2,1-2H3. The maximum atomic E-state index is 12.0. The van der Waals surface area contributed by atoms with Crippen molar-refractivity contribution in [1.29, 1.82) is 0 Å². The molecule has 1 aromatic rings. The highest BCUT2D eigenvalue weighted by atomic mass is 32.2. The number of nitrogens with one attached hydrogen (secondary N) is 1. The van der Waals surface area contributed by atoms with E-state index in [9.17, 15) is 4.79 Å². The first kappa shape index (κ1) is 15.1. The summed E-state index contributed by atoms with van der Waals surface area (Å²) in [5.41, 5.74) is 2.28. The Hall–Kier alpha value is -0.790. The topological polar surface area (TPSA) is 64.1 Å². The second kappa shape index (κ2) is 6.54. The lowest BCUT2D eigenvalue weighted by atomic mass is 10.1. The van der Waals surface area contributed by atoms with Gasteiger partial charge in [0.2, 0.25) is 0 Å². The molecule has 0 aliphatic carbocycles. The van der Waals surface area contributed by atoms with E-state index in [2.05, 4.69) is 17.2 Å². The van der Waals surface area contributed by atoms with Crippen LogP contribution in [0.25, 0.3) is 0 Å². The molecular formula is C14H19N3O2S2. The van der Waals surface area contributed by atoms with Crippen LogP contribution >= 0.6 is 23.5 Å². The molecule has 21 heavy (non-hydrogen) atoms. The number of carbonyl (C=O) groups excluding carboxylic acids is 1. The van der Waals surface area contributed by atoms with E-state index in [1.165, 1.54) is 12.9 Å². The molecule has 1 N–H and O–H groups in total. The molecule has 1 saturated heterocycles. The van der Waals surface area contributed by atoms with E-state index < -0.39 is 0 Å². The molecule has 5 nitrogen and oxygen atoms in total. The minimum absolute atomic E-state index is 0.267. The zero-order valence-electron chi connectivity index (χ0n) is 12.2. The van der Waals surface area contributed by atoms with Crippen molar-refractivity contribution < 1.29 is 9.53 Å². The third-order valence-corrected chi connectivity index (χ3v) is 7.03. The molecular weight excluding hydrogens is 306 g/mol. The van der Waals surface area contributed by atoms with Gasteiger partial charge >= 0.3 is 5.97 Å². The van der Waals surface area contributed by atoms with E-state index in [-0.39, 0.29) is 11.2 Å². The van der Waals surface area contributed by atoms with E-state index in [4.69, 9.17) is 9.72 Å². The van der Waals surface area contributed by atoms with Crippen molar-refractivity contribution in [3.05, 3.63) is 22.8 Å². The fraction of sp³-hybridized carbons (Fsp3) is 0.643. The molecule has 0 aromatic carbocycles. The van der Waals surface area contributed by atoms with Crippen molar-refractivity contribution in [2.75, 3.05) is 18.6 Å². The van der Waals surface area contributed by atoms with E-state index in [1.807, 2.05) is 23.5 Å². The molecule has 1 aromatic heterocycles. The average molecular weight is 325 g/mol. The first-order chi connectivity index (χ1) is 10.2. The molecule has 3 heterocycles. The molecule has 3 rings (SSSR count). The predicted octanol–water partition coefficient (Wildman–Crippen LogP) is 2.17. The van der Waals surface area contributed by atoms with Crippen LogP contribution in [-0.4, -0.2) is 39.8 Å². The summed E-state index contributed by atoms with van der Waals surface area (Å²) < 4.78 is 4.89. The Labute approximate surface area is 133 Å². The highest BCUT2D eigenvalue weighted by molar-refractivity contribution is 8.06. The van der Waals surface area contributed by atoms with Crippen molar-refractivity contribution >= 4 is 29.5 Å². The van der Waals surface area contributed by atoms with Gasteiger partial charge in [-0.15, -0.1) is 11.8 Å². The Morgan fingerprint density at radius 3 is 2.90 bits per heavy atom. The summed E-state index contributed by atoms with van der Waals surface area (Å²) in [4.78, 5) is 21.3. The highest BCUT2D eigenvalue weighted by Crippen LogP contribution is 2.43. The molecule has 0 spiro atoms. The molecule has 0 radical (unpaired) electrons. The monoisotopic (exact) mass is 325 g/mol. The van der Waals surface area contributed by atoms with E-state index >= 15 is 0 Å². The quantitative estimate of drug-likeness (QED) is 0.854. The molecule has 2 atom stereocenters. The van der Waals surface area contributed by atoms with E-state index in [1.54, 1.807) is 0 Å². The molecule has 2 aliphatic heterocycles. The molecule has 7 heteroatoms. The van der Waals surface area contributed by atoms with Crippen LogP contribution in [0.1, 0.15) is 46.2 Å². The first-order valence-electron chi connectivity index (χ1n) is 7.16. The maximum absolute atomic E-state index is 12.0. The van der Waals surface area contributed by atoms with Crippen LogP contribution in [-0.2, 0) is 17.8 Å². The van der Waals surface area contributed by atoms with Gasteiger partial charge in [0, 0.05) is 35.4 Å². The fourth-order valence-corrected chi connectivity index (χ4v) is 5.71. The Kier molecular flexibility index (Phi) is 4.71. The average Bonchev–Trinajstić information content (AvgIpc) is 3.01. The number of rotatable bonds is 3. The first-order valence-corrected chi connectivity index (χ1v) is 9.26. The second-order valence-electron chi connectivity index (χ2n) is 5.06. The minimum Gasteiger partial charge on any atom is -0.464 e. The minimum atomic E-state index is -0.361. The normalized spacial score (nSPS) is 24.7. The lowest BCUT2D eigenvalue weighted by molar-refractivity contribution is 0.0592. The van der Waals surface area contributed by atoms with Crippen molar-refractivity contribution in [1.82, 2.24) is 15.3 Å². The maximum Gasteiger partial charge on any atom is 0.357 e. The van der Waals surface area contributed by atoms with Crippen molar-refractivity contribution in [3.8, 4) is 0 Å². The van der Waals surface area contributed by atoms with Gasteiger partial charge in [0.05, 0.1) is 18.1 Å². The van der Waals surface area contributed by atoms with Crippen molar-refractivity contribution in [3.63, 3.8) is 0 Å². The summed E-state index contributed by atoms with van der Waals surface area (Å²) in [5.74, 6) is 2.72. The summed E-state index contributed by atoms with van der Waals surface area (Å²) >= 11 is 3.89. The summed E-state index contributed by atoms with van der Waals surface area (Å²) in [5, 5.41) is 4.02. The molecule has 0 bridgehead atoms. The van der Waals surface area contributed by atoms with Gasteiger partial charge in [0.1, 0.15) is 5.82 Å². The molecule has 2 unspecified atom stereocenters. The van der Waals surface area contributed by atoms with Crippen LogP contribution < -0.4 is 5.32 Å². The highest BCUT2D eigenvalue weighted by Gasteiger charge is 2.32. The molecule has 114 valence electrons. The van der Waals surface area contributed by atoms with Crippen LogP contribution in [0.5, 0.6) is 0 Å². The zero-order chi connectivity index (χ0) is 14.8. The van der Waals surface area contributed by atoms with Crippen molar-refractivity contribution in [2.24, 2.45) is 0 Å². The lowest BCUT2D eigenvalue weighted by Crippen LogP contribution is -2.22. The smallest absolute Gasteiger partial charge is 0.357 e. The summed E-state index contributed by atoms with van der Waals surface area (Å²) in [6.07, 6.45) is 1.09. The summed E-state index contributed by atoms with van der Waals surface area (Å²) in [6, 6.07) is 0. The van der Waals surface area contributed by atoms with Crippen LogP contribution in [0.3, 0.4) is 0 Å². The molecule has 1 fully saturated rings. The number of fused-ring (bicyclic) bond motifs is 1. The molecule has 0 amide bonds. The fourth-order valence-electron chi connectivity index (χ4n) is 2.72. The number of methoxy groups -OCH3 is 1. The van der Waals surface area contributed by atoms with Gasteiger partial charge in [-0.05, 0) is 6.42 Å². The van der Waals surface area contributed by atoms with E-state index in [0.717, 1.165) is 29.3 Å². The number of carbonyl (C=O) groups is 1. The van der Waals surface area contributed by atoms with Gasteiger partial charge < -0.3 is 10.1 Å². The Morgan fingerprint density at radius 2 is 2.14 bits per heavy atom. The number of hydrogen-bond acceptors (Lipinski definition) is 7. The van der Waals surface area contributed by atoms with Gasteiger partial charge in [-0.2, -0.15) is 11.8 Å². The third-order valence-electron chi connectivity index (χ3n) is 3.79. The number of hydrogen-bond donors (Lipinski definition) is 1. The number of ether oxygens (including phenoxy) is 1. The van der Waals surface area contributed by atoms with E-state index in [0.29, 0.717) is 24.0 Å². The number of nitrogens with zero attached hydrogens (tertiary/aromatic N) is 2. The van der Waals surface area contributed by atoms with Gasteiger partial charge in [-0.1, -0.05) is 6.92 Å². The SMILES string of the molecule is CCC1SCCSC1c1nc2c(c(C(=O)OC)n1)CNC2. The molecule has 0 saturated carbocycles. The van der Waals surface area contributed by atoms with Crippen LogP contribution in [0.2, 0.25) is 0 Å². The zero-order valence-corrected chi connectivity index (χ0v) is 13.9. The summed E-state index contributed by atoms with van der Waals surface area (Å²) in [6.45, 7) is 3.55. The van der Waals surface area contributed by atoms with Crippen LogP contribution in [0, 0.1) is 0 Å². The largest absolute Gasteiger partial charge is 0.464 e. The Bertz CT molecular complexity index is 553. The van der Waals surface area contributed by atoms with Crippen LogP contribution in [0.15, 0.2) is 0 Å². The summed E-state index contributed by atoms with van der Waals surface area (Å²) in [7, 11) is 1.40. The Morgan fingerprint density at radius 1 is 1.33 bits per heavy atom. The second-order valence-corrected chi connectivity index (χ2v) is 7.66. The number of esters is 1. The van der Waals surface area contributed by atoms with Crippen molar-refractivity contribution in [2.45, 2.75) is 36.9 Å². The van der Waals surface area contributed by atoms with Gasteiger partial charge in [-0.3, -0.25) is 0 Å².